The summed E-state index contributed by atoms with van der Waals surface area (Å²) in [5.41, 5.74) is 2.07. The Kier molecular flexibility index (Phi) is 4.57. The smallest absolute Gasteiger partial charge is 0.408 e. The largest absolute Gasteiger partial charge is 0.478 e. The van der Waals surface area contributed by atoms with Crippen molar-refractivity contribution in [2.75, 3.05) is 5.32 Å². The fourth-order valence-electron chi connectivity index (χ4n) is 6.61. The fraction of sp³-hybridized carbons (Fsp3) is 0.625. The number of amides is 1. The van der Waals surface area contributed by atoms with Gasteiger partial charge in [0.1, 0.15) is 11.2 Å². The van der Waals surface area contributed by atoms with Gasteiger partial charge in [-0.2, -0.15) is 0 Å². The third-order valence-electron chi connectivity index (χ3n) is 7.38. The Morgan fingerprint density at radius 3 is 2.55 bits per heavy atom. The number of nitrogens with one attached hydrogen (secondary N) is 2. The number of anilines is 1. The topological polar surface area (TPSA) is 101 Å². The molecule has 166 valence electrons. The lowest BCUT2D eigenvalue weighted by Gasteiger charge is -2.60. The number of carbonyl (C=O) groups is 2. The predicted octanol–water partition coefficient (Wildman–Crippen LogP) is 4.23. The predicted molar refractivity (Wildman–Crippen MR) is 117 cm³/mol. The molecular weight excluding hydrogens is 394 g/mol. The van der Waals surface area contributed by atoms with Crippen LogP contribution in [0.1, 0.15) is 74.5 Å². The Bertz CT molecular complexity index is 948. The van der Waals surface area contributed by atoms with E-state index in [4.69, 9.17) is 4.74 Å². The SMILES string of the molecule is CC(C)(C)OC(=O)NC12CC3CC(C1)C(Nc1c(C(=O)O)cnc4c1C=CC4)C(C3)C2. The highest BCUT2D eigenvalue weighted by molar-refractivity contribution is 5.97. The van der Waals surface area contributed by atoms with Crippen LogP contribution in [0.15, 0.2) is 12.3 Å². The number of alkyl carbamates (subject to hydrolysis) is 1. The van der Waals surface area contributed by atoms with E-state index in [1.807, 2.05) is 32.9 Å². The van der Waals surface area contributed by atoms with Gasteiger partial charge >= 0.3 is 12.1 Å². The van der Waals surface area contributed by atoms with Crippen LogP contribution in [0.5, 0.6) is 0 Å². The Hall–Kier alpha value is -2.57. The molecule has 0 radical (unpaired) electrons. The van der Waals surface area contributed by atoms with E-state index in [2.05, 4.69) is 15.6 Å². The first-order valence-electron chi connectivity index (χ1n) is 11.3. The number of aromatic nitrogens is 1. The number of carbonyl (C=O) groups excluding carboxylic acids is 1. The van der Waals surface area contributed by atoms with Gasteiger partial charge in [-0.25, -0.2) is 9.59 Å². The highest BCUT2D eigenvalue weighted by Gasteiger charge is 2.56. The van der Waals surface area contributed by atoms with Gasteiger partial charge in [-0.15, -0.1) is 0 Å². The number of hydrogen-bond donors (Lipinski definition) is 3. The van der Waals surface area contributed by atoms with Crippen molar-refractivity contribution in [1.29, 1.82) is 0 Å². The Balaban J connectivity index is 1.38. The van der Waals surface area contributed by atoms with Crippen molar-refractivity contribution >= 4 is 23.8 Å². The number of carboxylic acids is 1. The number of carboxylic acid groups (broad SMARTS) is 1. The molecule has 0 aromatic carbocycles. The maximum Gasteiger partial charge on any atom is 0.408 e. The van der Waals surface area contributed by atoms with Crippen LogP contribution < -0.4 is 10.6 Å². The molecule has 5 aliphatic carbocycles. The van der Waals surface area contributed by atoms with Crippen LogP contribution in [-0.4, -0.2) is 39.3 Å². The number of allylic oxidation sites excluding steroid dienone is 1. The minimum Gasteiger partial charge on any atom is -0.478 e. The Labute approximate surface area is 182 Å². The molecule has 1 aromatic rings. The summed E-state index contributed by atoms with van der Waals surface area (Å²) >= 11 is 0. The molecule has 3 N–H and O–H groups in total. The maximum absolute atomic E-state index is 12.5. The first-order valence-corrected chi connectivity index (χ1v) is 11.3. The van der Waals surface area contributed by atoms with Crippen LogP contribution in [0.2, 0.25) is 0 Å². The van der Waals surface area contributed by atoms with Crippen LogP contribution >= 0.6 is 0 Å². The summed E-state index contributed by atoms with van der Waals surface area (Å²) in [4.78, 5) is 28.8. The van der Waals surface area contributed by atoms with E-state index in [0.29, 0.717) is 23.4 Å². The molecule has 0 aliphatic heterocycles. The molecule has 0 saturated heterocycles. The van der Waals surface area contributed by atoms with Crippen molar-refractivity contribution in [2.45, 2.75) is 76.5 Å². The summed E-state index contributed by atoms with van der Waals surface area (Å²) in [5, 5.41) is 16.6. The van der Waals surface area contributed by atoms with Gasteiger partial charge in [0.25, 0.3) is 0 Å². The summed E-state index contributed by atoms with van der Waals surface area (Å²) < 4.78 is 5.55. The second kappa shape index (κ2) is 6.97. The molecule has 1 aromatic heterocycles. The van der Waals surface area contributed by atoms with Crippen molar-refractivity contribution < 1.29 is 19.4 Å². The maximum atomic E-state index is 12.5. The zero-order valence-electron chi connectivity index (χ0n) is 18.4. The van der Waals surface area contributed by atoms with Crippen LogP contribution in [0, 0.1) is 17.8 Å². The van der Waals surface area contributed by atoms with E-state index in [1.54, 1.807) is 0 Å². The lowest BCUT2D eigenvalue weighted by Crippen LogP contribution is -2.65. The van der Waals surface area contributed by atoms with Crippen LogP contribution in [-0.2, 0) is 11.2 Å². The third kappa shape index (κ3) is 3.68. The molecule has 4 fully saturated rings. The summed E-state index contributed by atoms with van der Waals surface area (Å²) in [6.07, 6.45) is 11.0. The average Bonchev–Trinajstić information content (AvgIpc) is 3.10. The van der Waals surface area contributed by atoms with E-state index in [9.17, 15) is 14.7 Å². The molecule has 1 amide bonds. The quantitative estimate of drug-likeness (QED) is 0.667. The second-order valence-corrected chi connectivity index (χ2v) is 10.9. The molecule has 1 heterocycles. The lowest BCUT2D eigenvalue weighted by atomic mass is 9.51. The van der Waals surface area contributed by atoms with Gasteiger partial charge in [-0.3, -0.25) is 4.98 Å². The number of fused-ring (bicyclic) bond motifs is 1. The minimum absolute atomic E-state index is 0.202. The molecule has 6 rings (SSSR count). The average molecular weight is 426 g/mol. The molecule has 2 atom stereocenters. The van der Waals surface area contributed by atoms with Crippen LogP contribution in [0.4, 0.5) is 10.5 Å². The van der Waals surface area contributed by atoms with E-state index in [-0.39, 0.29) is 23.2 Å². The van der Waals surface area contributed by atoms with Gasteiger partial charge in [0.2, 0.25) is 0 Å². The first-order chi connectivity index (χ1) is 14.6. The van der Waals surface area contributed by atoms with E-state index in [1.165, 1.54) is 6.20 Å². The molecule has 31 heavy (non-hydrogen) atoms. The van der Waals surface area contributed by atoms with Gasteiger partial charge in [0.05, 0.1) is 11.4 Å². The third-order valence-corrected chi connectivity index (χ3v) is 7.38. The van der Waals surface area contributed by atoms with Gasteiger partial charge < -0.3 is 20.5 Å². The van der Waals surface area contributed by atoms with Crippen molar-refractivity contribution in [2.24, 2.45) is 17.8 Å². The summed E-state index contributed by atoms with van der Waals surface area (Å²) in [6, 6.07) is 0.212. The molecule has 2 unspecified atom stereocenters. The summed E-state index contributed by atoms with van der Waals surface area (Å²) in [7, 11) is 0. The van der Waals surface area contributed by atoms with Crippen molar-refractivity contribution in [3.05, 3.63) is 29.1 Å². The Morgan fingerprint density at radius 1 is 1.19 bits per heavy atom. The van der Waals surface area contributed by atoms with E-state index in [0.717, 1.165) is 49.8 Å². The van der Waals surface area contributed by atoms with Gasteiger partial charge in [0.15, 0.2) is 0 Å². The first kappa shape index (κ1) is 20.3. The van der Waals surface area contributed by atoms with Crippen LogP contribution in [0.3, 0.4) is 0 Å². The van der Waals surface area contributed by atoms with E-state index < -0.39 is 11.6 Å². The number of hydrogen-bond acceptors (Lipinski definition) is 5. The van der Waals surface area contributed by atoms with Crippen LogP contribution in [0.25, 0.3) is 6.08 Å². The van der Waals surface area contributed by atoms with Crippen molar-refractivity contribution in [3.63, 3.8) is 0 Å². The van der Waals surface area contributed by atoms with Crippen molar-refractivity contribution in [1.82, 2.24) is 10.3 Å². The van der Waals surface area contributed by atoms with Crippen molar-refractivity contribution in [3.8, 4) is 0 Å². The molecule has 4 saturated carbocycles. The number of pyridine rings is 1. The number of ether oxygens (including phenoxy) is 1. The molecule has 0 spiro atoms. The zero-order chi connectivity index (χ0) is 22.0. The molecule has 7 nitrogen and oxygen atoms in total. The minimum atomic E-state index is -0.954. The Morgan fingerprint density at radius 2 is 1.90 bits per heavy atom. The number of rotatable bonds is 4. The number of nitrogens with zero attached hydrogens (tertiary/aromatic N) is 1. The molecule has 7 heteroatoms. The normalized spacial score (nSPS) is 32.6. The van der Waals surface area contributed by atoms with Gasteiger partial charge in [0, 0.05) is 29.8 Å². The summed E-state index contributed by atoms with van der Waals surface area (Å²) in [6.45, 7) is 5.65. The molecule has 5 aliphatic rings. The second-order valence-electron chi connectivity index (χ2n) is 10.9. The highest BCUT2D eigenvalue weighted by Crippen LogP contribution is 2.56. The summed E-state index contributed by atoms with van der Waals surface area (Å²) in [5.74, 6) is 0.450. The lowest BCUT2D eigenvalue weighted by molar-refractivity contribution is -0.0349. The monoisotopic (exact) mass is 425 g/mol. The molecule has 4 bridgehead atoms. The fourth-order valence-corrected chi connectivity index (χ4v) is 6.61. The zero-order valence-corrected chi connectivity index (χ0v) is 18.4. The van der Waals surface area contributed by atoms with E-state index >= 15 is 0 Å². The standard InChI is InChI=1S/C24H31N3O4/c1-23(2,3)31-22(30)27-24-9-13-7-14(10-24)19(15(8-13)11-24)26-20-16-5-4-6-18(16)25-12-17(20)21(28)29/h4-5,12-15,19H,6-11H2,1-3H3,(H,25,26)(H,27,30)(H,28,29). The molecular formula is C24H31N3O4. The number of aromatic carboxylic acids is 1. The van der Waals surface area contributed by atoms with Gasteiger partial charge in [-0.05, 0) is 70.6 Å². The highest BCUT2D eigenvalue weighted by atomic mass is 16.6. The van der Waals surface area contributed by atoms with Gasteiger partial charge in [-0.1, -0.05) is 12.2 Å².